The van der Waals surface area contributed by atoms with Crippen molar-refractivity contribution in [1.82, 2.24) is 9.80 Å². The Bertz CT molecular complexity index is 442. The molecule has 4 nitrogen and oxygen atoms in total. The van der Waals surface area contributed by atoms with Crippen molar-refractivity contribution < 1.29 is 9.53 Å². The number of hydrogen-bond acceptors (Lipinski definition) is 3. The summed E-state index contributed by atoms with van der Waals surface area (Å²) in [5.41, 5.74) is 1.17. The Labute approximate surface area is 121 Å². The fourth-order valence-corrected chi connectivity index (χ4v) is 2.61. The molecule has 1 aromatic rings. The van der Waals surface area contributed by atoms with Crippen LogP contribution in [0.15, 0.2) is 24.3 Å². The first kappa shape index (κ1) is 14.9. The van der Waals surface area contributed by atoms with Gasteiger partial charge in [0.25, 0.3) is 0 Å². The summed E-state index contributed by atoms with van der Waals surface area (Å²) in [5.74, 6) is 1.10. The number of benzene rings is 1. The molecule has 1 aliphatic rings. The molecule has 0 spiro atoms. The summed E-state index contributed by atoms with van der Waals surface area (Å²) >= 11 is 0. The van der Waals surface area contributed by atoms with Crippen LogP contribution in [0.3, 0.4) is 0 Å². The average Bonchev–Trinajstić information content (AvgIpc) is 2.48. The molecular weight excluding hydrogens is 252 g/mol. The van der Waals surface area contributed by atoms with Gasteiger partial charge in [0.1, 0.15) is 5.75 Å². The van der Waals surface area contributed by atoms with E-state index >= 15 is 0 Å². The number of nitrogens with zero attached hydrogens (tertiary/aromatic N) is 2. The standard InChI is InChI=1S/C16H24N2O2/c1-17(12-14-7-6-8-15(11-14)20-2)13-16(19)18-9-4-3-5-10-18/h6-8,11H,3-5,9-10,12-13H2,1-2H3. The molecule has 1 aliphatic heterocycles. The molecule has 0 unspecified atom stereocenters. The van der Waals surface area contributed by atoms with Gasteiger partial charge in [-0.3, -0.25) is 9.69 Å². The minimum absolute atomic E-state index is 0.245. The molecule has 1 saturated heterocycles. The summed E-state index contributed by atoms with van der Waals surface area (Å²) < 4.78 is 5.22. The zero-order valence-electron chi connectivity index (χ0n) is 12.5. The lowest BCUT2D eigenvalue weighted by atomic mass is 10.1. The second-order valence-electron chi connectivity index (χ2n) is 5.47. The molecule has 1 fully saturated rings. The largest absolute Gasteiger partial charge is 0.497 e. The quantitative estimate of drug-likeness (QED) is 0.826. The Morgan fingerprint density at radius 3 is 2.75 bits per heavy atom. The number of carbonyl (C=O) groups is 1. The number of likely N-dealkylation sites (tertiary alicyclic amines) is 1. The monoisotopic (exact) mass is 276 g/mol. The summed E-state index contributed by atoms with van der Waals surface area (Å²) in [6.07, 6.45) is 3.54. The predicted molar refractivity (Wildman–Crippen MR) is 79.8 cm³/mol. The Morgan fingerprint density at radius 2 is 2.05 bits per heavy atom. The highest BCUT2D eigenvalue weighted by molar-refractivity contribution is 5.78. The molecule has 0 radical (unpaired) electrons. The van der Waals surface area contributed by atoms with E-state index in [0.29, 0.717) is 6.54 Å². The van der Waals surface area contributed by atoms with Gasteiger partial charge in [-0.25, -0.2) is 0 Å². The maximum atomic E-state index is 12.2. The van der Waals surface area contributed by atoms with Crippen molar-refractivity contribution in [2.45, 2.75) is 25.8 Å². The van der Waals surface area contributed by atoms with E-state index in [2.05, 4.69) is 11.0 Å². The molecule has 0 atom stereocenters. The highest BCUT2D eigenvalue weighted by Crippen LogP contribution is 2.14. The minimum Gasteiger partial charge on any atom is -0.497 e. The van der Waals surface area contributed by atoms with Crippen molar-refractivity contribution in [2.75, 3.05) is 33.8 Å². The van der Waals surface area contributed by atoms with Gasteiger partial charge in [0.2, 0.25) is 5.91 Å². The van der Waals surface area contributed by atoms with E-state index in [9.17, 15) is 4.79 Å². The fraction of sp³-hybridized carbons (Fsp3) is 0.562. The second-order valence-corrected chi connectivity index (χ2v) is 5.47. The van der Waals surface area contributed by atoms with E-state index in [4.69, 9.17) is 4.74 Å². The normalized spacial score (nSPS) is 15.4. The molecule has 0 aromatic heterocycles. The summed E-state index contributed by atoms with van der Waals surface area (Å²) in [7, 11) is 3.66. The number of rotatable bonds is 5. The zero-order chi connectivity index (χ0) is 14.4. The Kier molecular flexibility index (Phi) is 5.41. The Balaban J connectivity index is 1.84. The zero-order valence-corrected chi connectivity index (χ0v) is 12.5. The van der Waals surface area contributed by atoms with Crippen LogP contribution in [0, 0.1) is 0 Å². The molecule has 2 rings (SSSR count). The van der Waals surface area contributed by atoms with Gasteiger partial charge in [0, 0.05) is 19.6 Å². The topological polar surface area (TPSA) is 32.8 Å². The third-order valence-corrected chi connectivity index (χ3v) is 3.70. The van der Waals surface area contributed by atoms with E-state index in [-0.39, 0.29) is 5.91 Å². The van der Waals surface area contributed by atoms with Crippen LogP contribution in [0.5, 0.6) is 5.75 Å². The third-order valence-electron chi connectivity index (χ3n) is 3.70. The lowest BCUT2D eigenvalue weighted by Gasteiger charge is -2.28. The highest BCUT2D eigenvalue weighted by Gasteiger charge is 2.17. The van der Waals surface area contributed by atoms with Crippen LogP contribution in [-0.2, 0) is 11.3 Å². The summed E-state index contributed by atoms with van der Waals surface area (Å²) in [6.45, 7) is 3.09. The Morgan fingerprint density at radius 1 is 1.30 bits per heavy atom. The van der Waals surface area contributed by atoms with Crippen LogP contribution in [0.4, 0.5) is 0 Å². The SMILES string of the molecule is COc1cccc(CN(C)CC(=O)N2CCCCC2)c1. The highest BCUT2D eigenvalue weighted by atomic mass is 16.5. The molecule has 110 valence electrons. The maximum absolute atomic E-state index is 12.2. The van der Waals surface area contributed by atoms with Crippen LogP contribution < -0.4 is 4.74 Å². The van der Waals surface area contributed by atoms with Crippen LogP contribution in [0.2, 0.25) is 0 Å². The molecule has 0 bridgehead atoms. The van der Waals surface area contributed by atoms with Gasteiger partial charge in [-0.2, -0.15) is 0 Å². The number of ether oxygens (including phenoxy) is 1. The molecule has 0 saturated carbocycles. The van der Waals surface area contributed by atoms with Crippen LogP contribution in [0.25, 0.3) is 0 Å². The second kappa shape index (κ2) is 7.29. The number of amides is 1. The van der Waals surface area contributed by atoms with Crippen LogP contribution >= 0.6 is 0 Å². The maximum Gasteiger partial charge on any atom is 0.236 e. The van der Waals surface area contributed by atoms with Crippen LogP contribution in [-0.4, -0.2) is 49.5 Å². The molecular formula is C16H24N2O2. The van der Waals surface area contributed by atoms with E-state index in [1.165, 1.54) is 12.0 Å². The van der Waals surface area contributed by atoms with Gasteiger partial charge in [-0.15, -0.1) is 0 Å². The number of methoxy groups -OCH3 is 1. The van der Waals surface area contributed by atoms with Gasteiger partial charge in [0.05, 0.1) is 13.7 Å². The summed E-state index contributed by atoms with van der Waals surface area (Å²) in [6, 6.07) is 7.99. The number of piperidine rings is 1. The minimum atomic E-state index is 0.245. The van der Waals surface area contributed by atoms with E-state index < -0.39 is 0 Å². The van der Waals surface area contributed by atoms with Crippen molar-refractivity contribution in [2.24, 2.45) is 0 Å². The van der Waals surface area contributed by atoms with Gasteiger partial charge in [0.15, 0.2) is 0 Å². The molecule has 1 aromatic carbocycles. The van der Waals surface area contributed by atoms with Crippen LogP contribution in [0.1, 0.15) is 24.8 Å². The van der Waals surface area contributed by atoms with E-state index in [0.717, 1.165) is 38.2 Å². The van der Waals surface area contributed by atoms with E-state index in [1.807, 2.05) is 30.1 Å². The first-order valence-corrected chi connectivity index (χ1v) is 7.28. The Hall–Kier alpha value is -1.55. The van der Waals surface area contributed by atoms with Crippen molar-refractivity contribution in [3.63, 3.8) is 0 Å². The van der Waals surface area contributed by atoms with E-state index in [1.54, 1.807) is 7.11 Å². The third kappa shape index (κ3) is 4.23. The molecule has 0 N–H and O–H groups in total. The molecule has 0 aliphatic carbocycles. The summed E-state index contributed by atoms with van der Waals surface area (Å²) in [5, 5.41) is 0. The molecule has 4 heteroatoms. The lowest BCUT2D eigenvalue weighted by molar-refractivity contribution is -0.133. The van der Waals surface area contributed by atoms with Crippen molar-refractivity contribution in [3.05, 3.63) is 29.8 Å². The number of likely N-dealkylation sites (N-methyl/N-ethyl adjacent to an activating group) is 1. The average molecular weight is 276 g/mol. The first-order chi connectivity index (χ1) is 9.69. The molecule has 1 amide bonds. The number of carbonyl (C=O) groups excluding carboxylic acids is 1. The fourth-order valence-electron chi connectivity index (χ4n) is 2.61. The van der Waals surface area contributed by atoms with Gasteiger partial charge >= 0.3 is 0 Å². The molecule has 20 heavy (non-hydrogen) atoms. The molecule has 1 heterocycles. The van der Waals surface area contributed by atoms with Crippen molar-refractivity contribution in [3.8, 4) is 5.75 Å². The number of hydrogen-bond donors (Lipinski definition) is 0. The van der Waals surface area contributed by atoms with Gasteiger partial charge in [-0.1, -0.05) is 12.1 Å². The van der Waals surface area contributed by atoms with Gasteiger partial charge in [-0.05, 0) is 44.0 Å². The van der Waals surface area contributed by atoms with Crippen molar-refractivity contribution >= 4 is 5.91 Å². The predicted octanol–water partition coefficient (Wildman–Crippen LogP) is 2.14. The van der Waals surface area contributed by atoms with Gasteiger partial charge < -0.3 is 9.64 Å². The first-order valence-electron chi connectivity index (χ1n) is 7.28. The van der Waals surface area contributed by atoms with Crippen molar-refractivity contribution in [1.29, 1.82) is 0 Å². The summed E-state index contributed by atoms with van der Waals surface area (Å²) in [4.78, 5) is 16.2. The smallest absolute Gasteiger partial charge is 0.236 e. The lowest BCUT2D eigenvalue weighted by Crippen LogP contribution is -2.41.